The number of hydrogen-bond acceptors (Lipinski definition) is 5. The van der Waals surface area contributed by atoms with Crippen molar-refractivity contribution in [1.82, 2.24) is 20.2 Å². The molecule has 2 N–H and O–H groups in total. The largest absolute Gasteiger partial charge is 0.507 e. The van der Waals surface area contributed by atoms with Crippen molar-refractivity contribution in [2.75, 3.05) is 0 Å². The lowest BCUT2D eigenvalue weighted by molar-refractivity contribution is 0.0949. The molecule has 7 heteroatoms. The van der Waals surface area contributed by atoms with Gasteiger partial charge < -0.3 is 5.11 Å². The van der Waals surface area contributed by atoms with Gasteiger partial charge in [-0.1, -0.05) is 18.2 Å². The Kier molecular flexibility index (Phi) is 4.56. The van der Waals surface area contributed by atoms with Crippen LogP contribution in [-0.2, 0) is 0 Å². The Labute approximate surface area is 144 Å². The minimum Gasteiger partial charge on any atom is -0.507 e. The van der Waals surface area contributed by atoms with Gasteiger partial charge in [0, 0.05) is 17.5 Å². The Morgan fingerprint density at radius 3 is 2.68 bits per heavy atom. The van der Waals surface area contributed by atoms with Gasteiger partial charge >= 0.3 is 0 Å². The van der Waals surface area contributed by atoms with Crippen molar-refractivity contribution < 1.29 is 9.90 Å². The molecular formula is C18H17N5O2. The topological polar surface area (TPSA) is 92.4 Å². The second-order valence-corrected chi connectivity index (χ2v) is 5.43. The number of benzene rings is 1. The average Bonchev–Trinajstić information content (AvgIpc) is 3.02. The molecule has 3 aromatic rings. The molecule has 0 atom stereocenters. The molecule has 0 aliphatic heterocycles. The van der Waals surface area contributed by atoms with Crippen LogP contribution in [0.1, 0.15) is 28.7 Å². The number of amides is 1. The Balaban J connectivity index is 1.78. The molecule has 2 aromatic heterocycles. The Bertz CT molecular complexity index is 932. The first-order chi connectivity index (χ1) is 12.1. The highest BCUT2D eigenvalue weighted by molar-refractivity contribution is 6.02. The van der Waals surface area contributed by atoms with Crippen molar-refractivity contribution in [2.45, 2.75) is 13.8 Å². The molecule has 0 spiro atoms. The summed E-state index contributed by atoms with van der Waals surface area (Å²) < 4.78 is 1.59. The molecule has 0 aliphatic rings. The third-order valence-corrected chi connectivity index (χ3v) is 3.61. The zero-order valence-electron chi connectivity index (χ0n) is 13.8. The number of rotatable bonds is 4. The summed E-state index contributed by atoms with van der Waals surface area (Å²) in [6.45, 7) is 3.54. The minimum absolute atomic E-state index is 0.105. The summed E-state index contributed by atoms with van der Waals surface area (Å²) in [7, 11) is 0. The number of carbonyl (C=O) groups is 1. The molecular weight excluding hydrogens is 318 g/mol. The maximum atomic E-state index is 12.3. The zero-order valence-corrected chi connectivity index (χ0v) is 13.8. The smallest absolute Gasteiger partial charge is 0.291 e. The van der Waals surface area contributed by atoms with Crippen molar-refractivity contribution in [3.8, 4) is 11.6 Å². The Morgan fingerprint density at radius 1 is 1.20 bits per heavy atom. The molecule has 1 aromatic carbocycles. The monoisotopic (exact) mass is 335 g/mol. The molecule has 0 unspecified atom stereocenters. The summed E-state index contributed by atoms with van der Waals surface area (Å²) in [5, 5.41) is 18.1. The standard InChI is InChI=1S/C18H17N5O2/c1-12-11-15(22-23(12)17-9-5-6-10-19-17)18(25)21-20-13(2)14-7-3-4-8-16(14)24/h3-11,24H,1-2H3,(H,21,25)/b20-13+. The number of aryl methyl sites for hydroxylation is 1. The van der Waals surface area contributed by atoms with Crippen LogP contribution >= 0.6 is 0 Å². The van der Waals surface area contributed by atoms with Crippen molar-refractivity contribution in [1.29, 1.82) is 0 Å². The third-order valence-electron chi connectivity index (χ3n) is 3.61. The van der Waals surface area contributed by atoms with Crippen LogP contribution in [0.5, 0.6) is 5.75 Å². The Morgan fingerprint density at radius 2 is 1.96 bits per heavy atom. The number of hydrazone groups is 1. The van der Waals surface area contributed by atoms with E-state index >= 15 is 0 Å². The first kappa shape index (κ1) is 16.4. The van der Waals surface area contributed by atoms with Crippen LogP contribution in [0.4, 0.5) is 0 Å². The second-order valence-electron chi connectivity index (χ2n) is 5.43. The van der Waals surface area contributed by atoms with Crippen molar-refractivity contribution >= 4 is 11.6 Å². The predicted octanol–water partition coefficient (Wildman–Crippen LogP) is 2.44. The van der Waals surface area contributed by atoms with Gasteiger partial charge in [-0.3, -0.25) is 4.79 Å². The van der Waals surface area contributed by atoms with E-state index in [1.807, 2.05) is 25.1 Å². The van der Waals surface area contributed by atoms with Gasteiger partial charge in [0.25, 0.3) is 5.91 Å². The molecule has 2 heterocycles. The van der Waals surface area contributed by atoms with Gasteiger partial charge in [0.15, 0.2) is 11.5 Å². The highest BCUT2D eigenvalue weighted by Gasteiger charge is 2.13. The molecule has 0 aliphatic carbocycles. The second kappa shape index (κ2) is 6.96. The first-order valence-corrected chi connectivity index (χ1v) is 7.67. The predicted molar refractivity (Wildman–Crippen MR) is 93.9 cm³/mol. The summed E-state index contributed by atoms with van der Waals surface area (Å²) in [4.78, 5) is 16.5. The molecule has 126 valence electrons. The average molecular weight is 335 g/mol. The number of aromatic nitrogens is 3. The van der Waals surface area contributed by atoms with Gasteiger partial charge in [0.1, 0.15) is 5.75 Å². The Hall–Kier alpha value is -3.48. The van der Waals surface area contributed by atoms with Gasteiger partial charge in [-0.25, -0.2) is 15.1 Å². The van der Waals surface area contributed by atoms with Gasteiger partial charge in [-0.2, -0.15) is 10.2 Å². The van der Waals surface area contributed by atoms with E-state index in [0.717, 1.165) is 5.69 Å². The van der Waals surface area contributed by atoms with Crippen molar-refractivity contribution in [3.05, 3.63) is 71.7 Å². The minimum atomic E-state index is -0.437. The van der Waals surface area contributed by atoms with E-state index in [-0.39, 0.29) is 11.4 Å². The number of nitrogens with one attached hydrogen (secondary N) is 1. The lowest BCUT2D eigenvalue weighted by Crippen LogP contribution is -2.20. The normalized spacial score (nSPS) is 11.4. The number of phenols is 1. The van der Waals surface area contributed by atoms with Crippen LogP contribution in [0.3, 0.4) is 0 Å². The van der Waals surface area contributed by atoms with E-state index in [0.29, 0.717) is 17.1 Å². The number of aromatic hydroxyl groups is 1. The van der Waals surface area contributed by atoms with Crippen LogP contribution in [0.25, 0.3) is 5.82 Å². The highest BCUT2D eigenvalue weighted by Crippen LogP contribution is 2.16. The number of hydrogen-bond donors (Lipinski definition) is 2. The molecule has 0 fully saturated rings. The van der Waals surface area contributed by atoms with E-state index < -0.39 is 5.91 Å². The molecule has 0 saturated heterocycles. The summed E-state index contributed by atoms with van der Waals surface area (Å²) >= 11 is 0. The van der Waals surface area contributed by atoms with E-state index in [1.165, 1.54) is 0 Å². The van der Waals surface area contributed by atoms with Crippen molar-refractivity contribution in [3.63, 3.8) is 0 Å². The van der Waals surface area contributed by atoms with Gasteiger partial charge in [0.2, 0.25) is 0 Å². The van der Waals surface area contributed by atoms with E-state index in [2.05, 4.69) is 20.6 Å². The molecule has 0 bridgehead atoms. The lowest BCUT2D eigenvalue weighted by Gasteiger charge is -2.04. The molecule has 25 heavy (non-hydrogen) atoms. The molecule has 0 radical (unpaired) electrons. The fourth-order valence-electron chi connectivity index (χ4n) is 2.33. The maximum Gasteiger partial charge on any atom is 0.291 e. The summed E-state index contributed by atoms with van der Waals surface area (Å²) in [6, 6.07) is 13.9. The fourth-order valence-corrected chi connectivity index (χ4v) is 2.33. The number of nitrogens with zero attached hydrogens (tertiary/aromatic N) is 4. The van der Waals surface area contributed by atoms with Gasteiger partial charge in [-0.05, 0) is 44.2 Å². The summed E-state index contributed by atoms with van der Waals surface area (Å²) in [5.41, 5.74) is 4.52. The van der Waals surface area contributed by atoms with Crippen LogP contribution in [0.2, 0.25) is 0 Å². The van der Waals surface area contributed by atoms with Crippen LogP contribution in [0, 0.1) is 6.92 Å². The van der Waals surface area contributed by atoms with Gasteiger partial charge in [0.05, 0.1) is 5.71 Å². The third kappa shape index (κ3) is 3.55. The van der Waals surface area contributed by atoms with Crippen LogP contribution in [0.15, 0.2) is 59.8 Å². The first-order valence-electron chi connectivity index (χ1n) is 7.67. The van der Waals surface area contributed by atoms with Gasteiger partial charge in [-0.15, -0.1) is 0 Å². The van der Waals surface area contributed by atoms with Crippen LogP contribution in [-0.4, -0.2) is 31.5 Å². The quantitative estimate of drug-likeness (QED) is 0.566. The highest BCUT2D eigenvalue weighted by atomic mass is 16.3. The van der Waals surface area contributed by atoms with E-state index in [4.69, 9.17) is 0 Å². The fraction of sp³-hybridized carbons (Fsp3) is 0.111. The molecule has 1 amide bonds. The van der Waals surface area contributed by atoms with E-state index in [9.17, 15) is 9.90 Å². The lowest BCUT2D eigenvalue weighted by atomic mass is 10.1. The van der Waals surface area contributed by atoms with Crippen LogP contribution < -0.4 is 5.43 Å². The SMILES string of the molecule is C/C(=N\NC(=O)c1cc(C)n(-c2ccccn2)n1)c1ccccc1O. The summed E-state index contributed by atoms with van der Waals surface area (Å²) in [6.07, 6.45) is 1.66. The number of para-hydroxylation sites is 1. The number of carbonyl (C=O) groups excluding carboxylic acids is 1. The molecule has 0 saturated carbocycles. The summed E-state index contributed by atoms with van der Waals surface area (Å²) in [5.74, 6) is 0.300. The molecule has 3 rings (SSSR count). The van der Waals surface area contributed by atoms with E-state index in [1.54, 1.807) is 48.1 Å². The number of pyridine rings is 1. The number of phenolic OH excluding ortho intramolecular Hbond substituents is 1. The van der Waals surface area contributed by atoms with Crippen molar-refractivity contribution in [2.24, 2.45) is 5.10 Å². The molecule has 7 nitrogen and oxygen atoms in total. The maximum absolute atomic E-state index is 12.3. The zero-order chi connectivity index (χ0) is 17.8.